The molecule has 0 amide bonds. The molecule has 3 aromatic heterocycles. The van der Waals surface area contributed by atoms with Crippen LogP contribution >= 0.6 is 22.6 Å². The van der Waals surface area contributed by atoms with Gasteiger partial charge in [0, 0.05) is 6.61 Å². The second-order valence-electron chi connectivity index (χ2n) is 5.08. The Morgan fingerprint density at radius 3 is 3.00 bits per heavy atom. The van der Waals surface area contributed by atoms with Gasteiger partial charge in [-0.3, -0.25) is 0 Å². The predicted molar refractivity (Wildman–Crippen MR) is 84.8 cm³/mol. The largest absolute Gasteiger partial charge is 0.356 e. The van der Waals surface area contributed by atoms with Crippen LogP contribution in [0.5, 0.6) is 0 Å². The van der Waals surface area contributed by atoms with Gasteiger partial charge in [0.2, 0.25) is 0 Å². The fraction of sp³-hybridized carbons (Fsp3) is 0.357. The van der Waals surface area contributed by atoms with E-state index in [1.165, 1.54) is 0 Å². The fourth-order valence-corrected chi connectivity index (χ4v) is 3.56. The standard InChI is InChI=1S/C14H12IN5O/c15-13-12-10-5-3-4-9(8-16)19(10)18-14(12)20(17-13)11-6-1-2-7-21-11/h3-5,11H,1-2,6-7H2. The highest BCUT2D eigenvalue weighted by molar-refractivity contribution is 14.1. The Balaban J connectivity index is 1.99. The molecule has 21 heavy (non-hydrogen) atoms. The van der Waals surface area contributed by atoms with Gasteiger partial charge in [-0.05, 0) is 54.0 Å². The van der Waals surface area contributed by atoms with E-state index >= 15 is 0 Å². The smallest absolute Gasteiger partial charge is 0.184 e. The van der Waals surface area contributed by atoms with Crippen LogP contribution in [-0.4, -0.2) is 26.0 Å². The number of fused-ring (bicyclic) bond motifs is 3. The zero-order valence-electron chi connectivity index (χ0n) is 11.2. The van der Waals surface area contributed by atoms with E-state index in [1.54, 1.807) is 10.6 Å². The summed E-state index contributed by atoms with van der Waals surface area (Å²) in [6.45, 7) is 0.763. The fourth-order valence-electron chi connectivity index (χ4n) is 2.81. The van der Waals surface area contributed by atoms with Crippen molar-refractivity contribution < 1.29 is 4.74 Å². The molecule has 3 aromatic rings. The molecule has 0 spiro atoms. The number of hydrogen-bond acceptors (Lipinski definition) is 4. The van der Waals surface area contributed by atoms with Gasteiger partial charge in [-0.1, -0.05) is 6.07 Å². The summed E-state index contributed by atoms with van der Waals surface area (Å²) in [5.41, 5.74) is 2.22. The van der Waals surface area contributed by atoms with E-state index in [2.05, 4.69) is 38.9 Å². The third-order valence-electron chi connectivity index (χ3n) is 3.80. The molecule has 1 aliphatic rings. The number of aromatic nitrogens is 4. The molecule has 0 N–H and O–H groups in total. The maximum absolute atomic E-state index is 9.23. The monoisotopic (exact) mass is 393 g/mol. The Morgan fingerprint density at radius 2 is 2.24 bits per heavy atom. The minimum absolute atomic E-state index is 0.0554. The first-order valence-corrected chi connectivity index (χ1v) is 7.94. The molecule has 106 valence electrons. The lowest BCUT2D eigenvalue weighted by Crippen LogP contribution is -2.19. The van der Waals surface area contributed by atoms with E-state index in [0.717, 1.165) is 46.1 Å². The van der Waals surface area contributed by atoms with E-state index in [-0.39, 0.29) is 6.23 Å². The zero-order valence-corrected chi connectivity index (χ0v) is 13.3. The highest BCUT2D eigenvalue weighted by Gasteiger charge is 2.24. The maximum Gasteiger partial charge on any atom is 0.184 e. The van der Waals surface area contributed by atoms with Gasteiger partial charge in [-0.25, -0.2) is 9.20 Å². The highest BCUT2D eigenvalue weighted by Crippen LogP contribution is 2.30. The first-order chi connectivity index (χ1) is 10.3. The van der Waals surface area contributed by atoms with Gasteiger partial charge in [0.05, 0.1) is 10.9 Å². The molecule has 7 heteroatoms. The molecule has 1 fully saturated rings. The first kappa shape index (κ1) is 13.0. The number of halogens is 1. The van der Waals surface area contributed by atoms with Crippen LogP contribution in [0.4, 0.5) is 0 Å². The number of pyridine rings is 1. The lowest BCUT2D eigenvalue weighted by atomic mass is 10.2. The van der Waals surface area contributed by atoms with Gasteiger partial charge in [-0.2, -0.15) is 10.4 Å². The summed E-state index contributed by atoms with van der Waals surface area (Å²) in [5.74, 6) is 0. The van der Waals surface area contributed by atoms with Crippen LogP contribution in [0, 0.1) is 15.0 Å². The third-order valence-corrected chi connectivity index (χ3v) is 4.56. The molecule has 1 unspecified atom stereocenters. The Morgan fingerprint density at radius 1 is 1.33 bits per heavy atom. The van der Waals surface area contributed by atoms with Crippen LogP contribution in [0.2, 0.25) is 0 Å². The van der Waals surface area contributed by atoms with Crippen LogP contribution < -0.4 is 0 Å². The SMILES string of the molecule is N#Cc1cccc2c3c(I)nn(C4CCCCO4)c3nn12. The molecule has 0 bridgehead atoms. The third kappa shape index (κ3) is 1.93. The average Bonchev–Trinajstić information content (AvgIpc) is 3.06. The Labute approximate surface area is 134 Å². The number of ether oxygens (including phenoxy) is 1. The highest BCUT2D eigenvalue weighted by atomic mass is 127. The van der Waals surface area contributed by atoms with Crippen LogP contribution in [0.1, 0.15) is 31.2 Å². The Kier molecular flexibility index (Phi) is 3.08. The molecule has 4 heterocycles. The van der Waals surface area contributed by atoms with Gasteiger partial charge in [0.25, 0.3) is 0 Å². The molecule has 1 atom stereocenters. The summed E-state index contributed by atoms with van der Waals surface area (Å²) < 4.78 is 10.3. The molecule has 4 rings (SSSR count). The summed E-state index contributed by atoms with van der Waals surface area (Å²) in [5, 5.41) is 19.4. The Hall–Kier alpha value is -1.66. The van der Waals surface area contributed by atoms with Crippen LogP contribution in [0.15, 0.2) is 18.2 Å². The zero-order chi connectivity index (χ0) is 14.4. The van der Waals surface area contributed by atoms with Crippen molar-refractivity contribution in [2.45, 2.75) is 25.5 Å². The van der Waals surface area contributed by atoms with Crippen LogP contribution in [0.25, 0.3) is 16.6 Å². The molecular formula is C14H12IN5O. The summed E-state index contributed by atoms with van der Waals surface area (Å²) in [6.07, 6.45) is 3.13. The second kappa shape index (κ2) is 4.96. The number of rotatable bonds is 1. The number of nitrogens with zero attached hydrogens (tertiary/aromatic N) is 5. The van der Waals surface area contributed by atoms with Gasteiger partial charge in [0.15, 0.2) is 11.9 Å². The molecular weight excluding hydrogens is 381 g/mol. The average molecular weight is 393 g/mol. The van der Waals surface area contributed by atoms with E-state index in [0.29, 0.717) is 5.69 Å². The molecule has 0 aliphatic carbocycles. The predicted octanol–water partition coefficient (Wildman–Crippen LogP) is 2.86. The topological polar surface area (TPSA) is 68.1 Å². The lowest BCUT2D eigenvalue weighted by Gasteiger charge is -2.22. The van der Waals surface area contributed by atoms with E-state index in [4.69, 9.17) is 4.74 Å². The van der Waals surface area contributed by atoms with Crippen LogP contribution in [-0.2, 0) is 4.74 Å². The van der Waals surface area contributed by atoms with Crippen molar-refractivity contribution in [2.24, 2.45) is 0 Å². The maximum atomic E-state index is 9.23. The molecule has 1 saturated heterocycles. The number of nitriles is 1. The lowest BCUT2D eigenvalue weighted by molar-refractivity contribution is -0.0372. The number of hydrogen-bond donors (Lipinski definition) is 0. The molecule has 1 aliphatic heterocycles. The first-order valence-electron chi connectivity index (χ1n) is 6.87. The van der Waals surface area contributed by atoms with Crippen LogP contribution in [0.3, 0.4) is 0 Å². The summed E-state index contributed by atoms with van der Waals surface area (Å²) >= 11 is 2.22. The van der Waals surface area contributed by atoms with Gasteiger partial charge >= 0.3 is 0 Å². The Bertz CT molecular complexity index is 869. The van der Waals surface area contributed by atoms with Crippen molar-refractivity contribution in [1.82, 2.24) is 19.4 Å². The van der Waals surface area contributed by atoms with Gasteiger partial charge < -0.3 is 4.74 Å². The minimum atomic E-state index is -0.0554. The summed E-state index contributed by atoms with van der Waals surface area (Å²) in [4.78, 5) is 0. The summed E-state index contributed by atoms with van der Waals surface area (Å²) in [6, 6.07) is 7.78. The minimum Gasteiger partial charge on any atom is -0.356 e. The molecule has 0 saturated carbocycles. The normalized spacial score (nSPS) is 19.1. The van der Waals surface area contributed by atoms with E-state index in [1.807, 2.05) is 16.8 Å². The second-order valence-corrected chi connectivity index (χ2v) is 6.10. The van der Waals surface area contributed by atoms with Crippen molar-refractivity contribution in [3.8, 4) is 6.07 Å². The molecule has 6 nitrogen and oxygen atoms in total. The van der Waals surface area contributed by atoms with Gasteiger partial charge in [-0.15, -0.1) is 5.10 Å². The van der Waals surface area contributed by atoms with Crippen molar-refractivity contribution in [2.75, 3.05) is 6.61 Å². The van der Waals surface area contributed by atoms with Crippen molar-refractivity contribution in [1.29, 1.82) is 5.26 Å². The van der Waals surface area contributed by atoms with E-state index < -0.39 is 0 Å². The van der Waals surface area contributed by atoms with E-state index in [9.17, 15) is 5.26 Å². The summed E-state index contributed by atoms with van der Waals surface area (Å²) in [7, 11) is 0. The van der Waals surface area contributed by atoms with Gasteiger partial charge in [0.1, 0.15) is 15.5 Å². The van der Waals surface area contributed by atoms with Crippen molar-refractivity contribution in [3.63, 3.8) is 0 Å². The molecule has 0 aromatic carbocycles. The molecule has 0 radical (unpaired) electrons. The van der Waals surface area contributed by atoms with Crippen molar-refractivity contribution >= 4 is 39.1 Å². The quantitative estimate of drug-likeness (QED) is 0.597. The van der Waals surface area contributed by atoms with Crippen molar-refractivity contribution in [3.05, 3.63) is 27.6 Å².